The molecule has 0 unspecified atom stereocenters. The van der Waals surface area contributed by atoms with Crippen molar-refractivity contribution >= 4 is 5.78 Å². The third kappa shape index (κ3) is 2.52. The van der Waals surface area contributed by atoms with Crippen LogP contribution in [0.5, 0.6) is 0 Å². The first-order valence-electron chi connectivity index (χ1n) is 7.64. The topological polar surface area (TPSA) is 17.1 Å². The third-order valence-corrected chi connectivity index (χ3v) is 4.29. The van der Waals surface area contributed by atoms with E-state index in [9.17, 15) is 13.6 Å². The zero-order valence-electron chi connectivity index (χ0n) is 13.2. The van der Waals surface area contributed by atoms with Gasteiger partial charge in [0.1, 0.15) is 11.2 Å². The standard InChI is InChI=1S/C21H16F2O/c1-15(24)21(16-8-4-2-5-9-16,17-10-6-3-7-11-17)18-12-13-19(22)20(23)14-18/h2-14H,1H3. The van der Waals surface area contributed by atoms with E-state index in [-0.39, 0.29) is 5.78 Å². The van der Waals surface area contributed by atoms with Crippen molar-refractivity contribution in [2.45, 2.75) is 12.3 Å². The lowest BCUT2D eigenvalue weighted by Gasteiger charge is -2.33. The Morgan fingerprint density at radius 1 is 0.708 bits per heavy atom. The fraction of sp³-hybridized carbons (Fsp3) is 0.0952. The normalized spacial score (nSPS) is 11.3. The molecule has 0 fully saturated rings. The number of Topliss-reactive ketones (excluding diaryl/α,β-unsaturated/α-hetero) is 1. The minimum absolute atomic E-state index is 0.161. The highest BCUT2D eigenvalue weighted by Gasteiger charge is 2.41. The SMILES string of the molecule is CC(=O)C(c1ccccc1)(c1ccccc1)c1ccc(F)c(F)c1. The molecule has 0 aliphatic rings. The number of hydrogen-bond donors (Lipinski definition) is 0. The Balaban J connectivity index is 2.39. The van der Waals surface area contributed by atoms with Gasteiger partial charge in [-0.3, -0.25) is 4.79 Å². The maximum absolute atomic E-state index is 13.9. The van der Waals surface area contributed by atoms with Crippen LogP contribution in [0.15, 0.2) is 78.9 Å². The molecule has 3 aromatic carbocycles. The summed E-state index contributed by atoms with van der Waals surface area (Å²) in [5.41, 5.74) is 0.660. The van der Waals surface area contributed by atoms with Crippen LogP contribution < -0.4 is 0 Å². The van der Waals surface area contributed by atoms with Gasteiger partial charge in [0.05, 0.1) is 0 Å². The molecular weight excluding hydrogens is 306 g/mol. The van der Waals surface area contributed by atoms with E-state index >= 15 is 0 Å². The van der Waals surface area contributed by atoms with Gasteiger partial charge in [0.15, 0.2) is 11.6 Å². The van der Waals surface area contributed by atoms with Gasteiger partial charge >= 0.3 is 0 Å². The Kier molecular flexibility index (Phi) is 4.26. The van der Waals surface area contributed by atoms with Gasteiger partial charge in [-0.1, -0.05) is 66.7 Å². The molecule has 0 spiro atoms. The molecule has 24 heavy (non-hydrogen) atoms. The second kappa shape index (κ2) is 6.36. The summed E-state index contributed by atoms with van der Waals surface area (Å²) in [4.78, 5) is 12.8. The van der Waals surface area contributed by atoms with Crippen LogP contribution in [0.3, 0.4) is 0 Å². The predicted molar refractivity (Wildman–Crippen MR) is 89.8 cm³/mol. The maximum atomic E-state index is 13.9. The first-order valence-corrected chi connectivity index (χ1v) is 7.64. The molecule has 0 bridgehead atoms. The van der Waals surface area contributed by atoms with Crippen molar-refractivity contribution in [2.75, 3.05) is 0 Å². The number of rotatable bonds is 4. The molecule has 3 heteroatoms. The van der Waals surface area contributed by atoms with Gasteiger partial charge in [-0.15, -0.1) is 0 Å². The van der Waals surface area contributed by atoms with Crippen molar-refractivity contribution in [1.82, 2.24) is 0 Å². The molecule has 120 valence electrons. The maximum Gasteiger partial charge on any atom is 0.159 e. The summed E-state index contributed by atoms with van der Waals surface area (Å²) in [7, 11) is 0. The quantitative estimate of drug-likeness (QED) is 0.625. The van der Waals surface area contributed by atoms with Gasteiger partial charge in [-0.25, -0.2) is 8.78 Å². The van der Waals surface area contributed by atoms with Crippen molar-refractivity contribution < 1.29 is 13.6 Å². The molecule has 0 aliphatic heterocycles. The van der Waals surface area contributed by atoms with Gasteiger partial charge in [0, 0.05) is 0 Å². The molecule has 0 heterocycles. The summed E-state index contributed by atoms with van der Waals surface area (Å²) < 4.78 is 27.4. The molecule has 0 radical (unpaired) electrons. The van der Waals surface area contributed by atoms with Crippen molar-refractivity contribution in [3.05, 3.63) is 107 Å². The number of ketones is 1. The molecule has 0 saturated carbocycles. The number of carbonyl (C=O) groups excluding carboxylic acids is 1. The van der Waals surface area contributed by atoms with E-state index in [0.717, 1.165) is 23.3 Å². The van der Waals surface area contributed by atoms with Crippen LogP contribution in [0.25, 0.3) is 0 Å². The van der Waals surface area contributed by atoms with Gasteiger partial charge in [-0.05, 0) is 35.7 Å². The minimum Gasteiger partial charge on any atom is -0.298 e. The molecule has 0 atom stereocenters. The van der Waals surface area contributed by atoms with Crippen LogP contribution in [-0.4, -0.2) is 5.78 Å². The van der Waals surface area contributed by atoms with Gasteiger partial charge in [0.2, 0.25) is 0 Å². The predicted octanol–water partition coefficient (Wildman–Crippen LogP) is 4.89. The molecule has 0 amide bonds. The monoisotopic (exact) mass is 322 g/mol. The molecule has 0 saturated heterocycles. The number of carbonyl (C=O) groups is 1. The Morgan fingerprint density at radius 2 is 1.21 bits per heavy atom. The Morgan fingerprint density at radius 3 is 1.62 bits per heavy atom. The molecule has 0 aliphatic carbocycles. The van der Waals surface area contributed by atoms with Crippen molar-refractivity contribution in [3.8, 4) is 0 Å². The van der Waals surface area contributed by atoms with Crippen LogP contribution in [-0.2, 0) is 10.2 Å². The number of hydrogen-bond acceptors (Lipinski definition) is 1. The average molecular weight is 322 g/mol. The summed E-state index contributed by atoms with van der Waals surface area (Å²) in [5, 5.41) is 0. The lowest BCUT2D eigenvalue weighted by atomic mass is 9.67. The molecule has 1 nitrogen and oxygen atoms in total. The molecule has 0 aromatic heterocycles. The third-order valence-electron chi connectivity index (χ3n) is 4.29. The van der Waals surface area contributed by atoms with Crippen LogP contribution in [0.4, 0.5) is 8.78 Å². The first kappa shape index (κ1) is 16.1. The highest BCUT2D eigenvalue weighted by atomic mass is 19.2. The van der Waals surface area contributed by atoms with Crippen molar-refractivity contribution in [1.29, 1.82) is 0 Å². The van der Waals surface area contributed by atoms with E-state index in [1.807, 2.05) is 60.7 Å². The zero-order valence-corrected chi connectivity index (χ0v) is 13.2. The lowest BCUT2D eigenvalue weighted by molar-refractivity contribution is -0.119. The highest BCUT2D eigenvalue weighted by molar-refractivity contribution is 5.96. The summed E-state index contributed by atoms with van der Waals surface area (Å²) in [6, 6.07) is 22.0. The van der Waals surface area contributed by atoms with Crippen LogP contribution in [0, 0.1) is 11.6 Å². The molecule has 3 rings (SSSR count). The minimum atomic E-state index is -1.18. The van der Waals surface area contributed by atoms with Gasteiger partial charge < -0.3 is 0 Å². The van der Waals surface area contributed by atoms with E-state index in [1.165, 1.54) is 13.0 Å². The van der Waals surface area contributed by atoms with E-state index in [0.29, 0.717) is 5.56 Å². The second-order valence-electron chi connectivity index (χ2n) is 5.67. The van der Waals surface area contributed by atoms with E-state index in [1.54, 1.807) is 0 Å². The van der Waals surface area contributed by atoms with Gasteiger partial charge in [-0.2, -0.15) is 0 Å². The zero-order chi connectivity index (χ0) is 17.2. The second-order valence-corrected chi connectivity index (χ2v) is 5.67. The Hall–Kier alpha value is -2.81. The molecule has 3 aromatic rings. The van der Waals surface area contributed by atoms with Crippen LogP contribution in [0.1, 0.15) is 23.6 Å². The van der Waals surface area contributed by atoms with Crippen LogP contribution in [0.2, 0.25) is 0 Å². The Labute approximate surface area is 139 Å². The Bertz CT molecular complexity index is 818. The first-order chi connectivity index (χ1) is 11.6. The molecular formula is C21H16F2O. The summed E-state index contributed by atoms with van der Waals surface area (Å²) >= 11 is 0. The molecule has 0 N–H and O–H groups in total. The summed E-state index contributed by atoms with van der Waals surface area (Å²) in [6.07, 6.45) is 0. The largest absolute Gasteiger partial charge is 0.298 e. The van der Waals surface area contributed by atoms with Crippen molar-refractivity contribution in [3.63, 3.8) is 0 Å². The number of halogens is 2. The van der Waals surface area contributed by atoms with E-state index in [4.69, 9.17) is 0 Å². The summed E-state index contributed by atoms with van der Waals surface area (Å²) in [5.74, 6) is -2.06. The van der Waals surface area contributed by atoms with E-state index < -0.39 is 17.0 Å². The smallest absolute Gasteiger partial charge is 0.159 e. The fourth-order valence-corrected chi connectivity index (χ4v) is 3.22. The summed E-state index contributed by atoms with van der Waals surface area (Å²) in [6.45, 7) is 1.47. The highest BCUT2D eigenvalue weighted by Crippen LogP contribution is 2.40. The van der Waals surface area contributed by atoms with E-state index in [2.05, 4.69) is 0 Å². The van der Waals surface area contributed by atoms with Crippen LogP contribution >= 0.6 is 0 Å². The number of benzene rings is 3. The van der Waals surface area contributed by atoms with Gasteiger partial charge in [0.25, 0.3) is 0 Å². The lowest BCUT2D eigenvalue weighted by Crippen LogP contribution is -2.37. The van der Waals surface area contributed by atoms with Crippen molar-refractivity contribution in [2.24, 2.45) is 0 Å². The fourth-order valence-electron chi connectivity index (χ4n) is 3.22. The average Bonchev–Trinajstić information content (AvgIpc) is 2.60.